The van der Waals surface area contributed by atoms with Gasteiger partial charge in [-0.25, -0.2) is 0 Å². The van der Waals surface area contributed by atoms with Gasteiger partial charge in [-0.1, -0.05) is 0 Å². The minimum absolute atomic E-state index is 0.169. The number of carbonyl (C=O) groups excluding carboxylic acids is 1. The number of hydrogen-bond donors (Lipinski definition) is 0. The highest BCUT2D eigenvalue weighted by Gasteiger charge is 2.30. The number of ketones is 1. The van der Waals surface area contributed by atoms with Gasteiger partial charge < -0.3 is 4.57 Å². The Hall–Kier alpha value is -1.78. The van der Waals surface area contributed by atoms with Gasteiger partial charge in [-0.3, -0.25) is 4.79 Å². The highest BCUT2D eigenvalue weighted by Crippen LogP contribution is 2.32. The molecule has 0 atom stereocenters. The van der Waals surface area contributed by atoms with Crippen LogP contribution in [-0.2, 0) is 13.2 Å². The first-order valence-corrected chi connectivity index (χ1v) is 4.98. The van der Waals surface area contributed by atoms with Gasteiger partial charge in [0, 0.05) is 24.9 Å². The minimum Gasteiger partial charge on any atom is -0.341 e. The Labute approximate surface area is 95.7 Å². The molecule has 2 rings (SSSR count). The zero-order valence-corrected chi connectivity index (χ0v) is 9.30. The predicted molar refractivity (Wildman–Crippen MR) is 57.9 cm³/mol. The first-order chi connectivity index (χ1) is 7.80. The summed E-state index contributed by atoms with van der Waals surface area (Å²) in [6, 6.07) is 4.94. The molecule has 1 aromatic carbocycles. The first kappa shape index (κ1) is 11.7. The molecule has 1 aromatic heterocycles. The molecule has 0 aliphatic rings. The van der Waals surface area contributed by atoms with Crippen LogP contribution in [0.2, 0.25) is 0 Å². The first-order valence-electron chi connectivity index (χ1n) is 4.98. The molecule has 0 saturated heterocycles. The summed E-state index contributed by atoms with van der Waals surface area (Å²) in [4.78, 5) is 11.3. The van der Waals surface area contributed by atoms with Crippen molar-refractivity contribution in [2.45, 2.75) is 13.1 Å². The Morgan fingerprint density at radius 2 is 1.88 bits per heavy atom. The number of carbonyl (C=O) groups is 1. The maximum absolute atomic E-state index is 12.5. The van der Waals surface area contributed by atoms with Gasteiger partial charge in [-0.2, -0.15) is 13.2 Å². The number of benzene rings is 1. The Morgan fingerprint density at radius 1 is 1.24 bits per heavy atom. The van der Waals surface area contributed by atoms with Gasteiger partial charge in [0.2, 0.25) is 0 Å². The van der Waals surface area contributed by atoms with Gasteiger partial charge in [0.05, 0.1) is 11.3 Å². The third-order valence-electron chi connectivity index (χ3n) is 2.73. The average molecular weight is 241 g/mol. The van der Waals surface area contributed by atoms with E-state index in [1.165, 1.54) is 19.1 Å². The number of halogens is 3. The molecule has 17 heavy (non-hydrogen) atoms. The summed E-state index contributed by atoms with van der Waals surface area (Å²) in [7, 11) is 1.66. The van der Waals surface area contributed by atoms with E-state index in [1.54, 1.807) is 11.6 Å². The molecule has 90 valence electrons. The van der Waals surface area contributed by atoms with E-state index in [4.69, 9.17) is 0 Å². The van der Waals surface area contributed by atoms with Crippen LogP contribution in [0, 0.1) is 0 Å². The average Bonchev–Trinajstić information content (AvgIpc) is 2.54. The van der Waals surface area contributed by atoms with Crippen LogP contribution in [0.25, 0.3) is 10.9 Å². The number of aromatic nitrogens is 1. The van der Waals surface area contributed by atoms with Crippen LogP contribution in [0.1, 0.15) is 23.0 Å². The zero-order valence-electron chi connectivity index (χ0n) is 9.30. The largest absolute Gasteiger partial charge is 0.416 e. The van der Waals surface area contributed by atoms with Crippen molar-refractivity contribution in [1.29, 1.82) is 0 Å². The van der Waals surface area contributed by atoms with E-state index in [0.717, 1.165) is 12.1 Å². The number of nitrogens with zero attached hydrogens (tertiary/aromatic N) is 1. The Kier molecular flexibility index (Phi) is 2.49. The number of Topliss-reactive ketones (excluding diaryl/α,β-unsaturated/α-hetero) is 1. The van der Waals surface area contributed by atoms with Crippen molar-refractivity contribution in [2.24, 2.45) is 7.05 Å². The third kappa shape index (κ3) is 1.92. The second-order valence-electron chi connectivity index (χ2n) is 3.92. The molecule has 0 saturated carbocycles. The highest BCUT2D eigenvalue weighted by molar-refractivity contribution is 5.98. The highest BCUT2D eigenvalue weighted by atomic mass is 19.4. The van der Waals surface area contributed by atoms with E-state index in [2.05, 4.69) is 0 Å². The summed E-state index contributed by atoms with van der Waals surface area (Å²) in [5.41, 5.74) is 0.313. The molecule has 0 radical (unpaired) electrons. The lowest BCUT2D eigenvalue weighted by molar-refractivity contribution is -0.137. The van der Waals surface area contributed by atoms with Crippen LogP contribution in [0.3, 0.4) is 0 Å². The topological polar surface area (TPSA) is 22.0 Å². The summed E-state index contributed by atoms with van der Waals surface area (Å²) >= 11 is 0. The van der Waals surface area contributed by atoms with Crippen LogP contribution in [-0.4, -0.2) is 10.4 Å². The molecule has 1 heterocycles. The van der Waals surface area contributed by atoms with Gasteiger partial charge in [0.25, 0.3) is 0 Å². The zero-order chi connectivity index (χ0) is 12.8. The molecule has 2 nitrogen and oxygen atoms in total. The number of aryl methyl sites for hydroxylation is 1. The lowest BCUT2D eigenvalue weighted by Crippen LogP contribution is -2.04. The van der Waals surface area contributed by atoms with Crippen molar-refractivity contribution in [1.82, 2.24) is 4.57 Å². The van der Waals surface area contributed by atoms with Crippen LogP contribution in [0.4, 0.5) is 13.2 Å². The molecule has 0 spiro atoms. The van der Waals surface area contributed by atoms with Crippen LogP contribution >= 0.6 is 0 Å². The fourth-order valence-electron chi connectivity index (χ4n) is 1.86. The molecule has 0 aliphatic carbocycles. The Balaban J connectivity index is 2.68. The third-order valence-corrected chi connectivity index (χ3v) is 2.73. The SMILES string of the molecule is CC(=O)c1cc2cc(C(F)(F)F)ccc2n1C. The van der Waals surface area contributed by atoms with Gasteiger partial charge in [-0.05, 0) is 24.3 Å². The number of alkyl halides is 3. The second-order valence-corrected chi connectivity index (χ2v) is 3.92. The molecule has 0 N–H and O–H groups in total. The number of rotatable bonds is 1. The number of fused-ring (bicyclic) bond motifs is 1. The van der Waals surface area contributed by atoms with E-state index < -0.39 is 11.7 Å². The van der Waals surface area contributed by atoms with Gasteiger partial charge in [0.1, 0.15) is 0 Å². The van der Waals surface area contributed by atoms with E-state index in [1.807, 2.05) is 0 Å². The Bertz CT molecular complexity index is 596. The molecule has 0 bridgehead atoms. The van der Waals surface area contributed by atoms with Crippen LogP contribution in [0.15, 0.2) is 24.3 Å². The van der Waals surface area contributed by atoms with Crippen LogP contribution < -0.4 is 0 Å². The quantitative estimate of drug-likeness (QED) is 0.701. The van der Waals surface area contributed by atoms with Crippen molar-refractivity contribution in [3.63, 3.8) is 0 Å². The molecular formula is C12H10F3NO. The van der Waals surface area contributed by atoms with Gasteiger partial charge in [-0.15, -0.1) is 0 Å². The summed E-state index contributed by atoms with van der Waals surface area (Å²) < 4.78 is 39.1. The Morgan fingerprint density at radius 3 is 2.41 bits per heavy atom. The standard InChI is InChI=1S/C12H10F3NO/c1-7(17)11-6-8-5-9(12(13,14)15)3-4-10(8)16(11)2/h3-6H,1-2H3. The molecule has 2 aromatic rings. The predicted octanol–water partition coefficient (Wildman–Crippen LogP) is 3.40. The van der Waals surface area contributed by atoms with E-state index in [-0.39, 0.29) is 5.78 Å². The van der Waals surface area contributed by atoms with E-state index in [9.17, 15) is 18.0 Å². The molecule has 0 unspecified atom stereocenters. The molecular weight excluding hydrogens is 231 g/mol. The van der Waals surface area contributed by atoms with Gasteiger partial charge >= 0.3 is 6.18 Å². The molecule has 0 aliphatic heterocycles. The second kappa shape index (κ2) is 3.61. The lowest BCUT2D eigenvalue weighted by atomic mass is 10.1. The van der Waals surface area contributed by atoms with Crippen LogP contribution in [0.5, 0.6) is 0 Å². The van der Waals surface area contributed by atoms with Gasteiger partial charge in [0.15, 0.2) is 5.78 Å². The van der Waals surface area contributed by atoms with E-state index in [0.29, 0.717) is 16.6 Å². The molecule has 5 heteroatoms. The fraction of sp³-hybridized carbons (Fsp3) is 0.250. The lowest BCUT2D eigenvalue weighted by Gasteiger charge is -2.06. The monoisotopic (exact) mass is 241 g/mol. The van der Waals surface area contributed by atoms with Crippen molar-refractivity contribution < 1.29 is 18.0 Å². The van der Waals surface area contributed by atoms with Crippen molar-refractivity contribution in [3.05, 3.63) is 35.5 Å². The van der Waals surface area contributed by atoms with E-state index >= 15 is 0 Å². The molecule has 0 fully saturated rings. The van der Waals surface area contributed by atoms with Crippen molar-refractivity contribution >= 4 is 16.7 Å². The maximum Gasteiger partial charge on any atom is 0.416 e. The normalized spacial score (nSPS) is 12.1. The maximum atomic E-state index is 12.5. The summed E-state index contributed by atoms with van der Waals surface area (Å²) in [6.07, 6.45) is -4.36. The summed E-state index contributed by atoms with van der Waals surface area (Å²) in [5, 5.41) is 0.424. The minimum atomic E-state index is -4.36. The fourth-order valence-corrected chi connectivity index (χ4v) is 1.86. The smallest absolute Gasteiger partial charge is 0.341 e. The van der Waals surface area contributed by atoms with Crippen molar-refractivity contribution in [3.8, 4) is 0 Å². The summed E-state index contributed by atoms with van der Waals surface area (Å²) in [6.45, 7) is 1.39. The molecule has 0 amide bonds. The number of hydrogen-bond acceptors (Lipinski definition) is 1. The summed E-state index contributed by atoms with van der Waals surface area (Å²) in [5.74, 6) is -0.169. The van der Waals surface area contributed by atoms with Crippen molar-refractivity contribution in [2.75, 3.05) is 0 Å².